The SMILES string of the molecule is CCCCCCC=CC=CC#CCC=CC(=O)O. The van der Waals surface area contributed by atoms with Crippen LogP contribution in [0.15, 0.2) is 36.5 Å². The predicted molar refractivity (Wildman–Crippen MR) is 76.2 cm³/mol. The van der Waals surface area contributed by atoms with Crippen molar-refractivity contribution in [1.29, 1.82) is 0 Å². The van der Waals surface area contributed by atoms with Gasteiger partial charge in [0.05, 0.1) is 0 Å². The molecule has 0 rings (SSSR count). The van der Waals surface area contributed by atoms with Gasteiger partial charge in [-0.3, -0.25) is 0 Å². The minimum atomic E-state index is -0.932. The number of allylic oxidation sites excluding steroid dienone is 5. The van der Waals surface area contributed by atoms with Crippen molar-refractivity contribution in [3.05, 3.63) is 36.5 Å². The fourth-order valence-electron chi connectivity index (χ4n) is 1.30. The Labute approximate surface area is 110 Å². The minimum Gasteiger partial charge on any atom is -0.478 e. The molecule has 2 heteroatoms. The second-order valence-corrected chi connectivity index (χ2v) is 3.90. The Morgan fingerprint density at radius 1 is 1.17 bits per heavy atom. The van der Waals surface area contributed by atoms with Crippen molar-refractivity contribution < 1.29 is 9.90 Å². The van der Waals surface area contributed by atoms with Crippen LogP contribution in [0.3, 0.4) is 0 Å². The molecule has 0 amide bonds. The van der Waals surface area contributed by atoms with Crippen LogP contribution in [0.4, 0.5) is 0 Å². The number of unbranched alkanes of at least 4 members (excludes halogenated alkanes) is 4. The lowest BCUT2D eigenvalue weighted by molar-refractivity contribution is -0.131. The van der Waals surface area contributed by atoms with Crippen LogP contribution in [0.1, 0.15) is 45.4 Å². The molecule has 1 N–H and O–H groups in total. The van der Waals surface area contributed by atoms with E-state index in [1.54, 1.807) is 6.08 Å². The molecule has 0 atom stereocenters. The topological polar surface area (TPSA) is 37.3 Å². The third kappa shape index (κ3) is 14.2. The second kappa shape index (κ2) is 13.3. The third-order valence-corrected chi connectivity index (χ3v) is 2.23. The molecule has 0 aromatic heterocycles. The number of hydrogen-bond donors (Lipinski definition) is 1. The highest BCUT2D eigenvalue weighted by Crippen LogP contribution is 2.02. The molecule has 0 aliphatic rings. The molecule has 0 unspecified atom stereocenters. The summed E-state index contributed by atoms with van der Waals surface area (Å²) in [6.45, 7) is 2.21. The van der Waals surface area contributed by atoms with Gasteiger partial charge in [0.15, 0.2) is 0 Å². The van der Waals surface area contributed by atoms with E-state index in [1.165, 1.54) is 31.8 Å². The molecule has 0 radical (unpaired) electrons. The summed E-state index contributed by atoms with van der Waals surface area (Å²) in [5.41, 5.74) is 0. The maximum Gasteiger partial charge on any atom is 0.328 e. The van der Waals surface area contributed by atoms with E-state index in [-0.39, 0.29) is 0 Å². The maximum atomic E-state index is 10.1. The van der Waals surface area contributed by atoms with Crippen molar-refractivity contribution in [2.75, 3.05) is 0 Å². The van der Waals surface area contributed by atoms with E-state index < -0.39 is 5.97 Å². The summed E-state index contributed by atoms with van der Waals surface area (Å²) < 4.78 is 0. The van der Waals surface area contributed by atoms with Crippen molar-refractivity contribution in [1.82, 2.24) is 0 Å². The molecule has 0 aliphatic heterocycles. The summed E-state index contributed by atoms with van der Waals surface area (Å²) in [6, 6.07) is 0. The van der Waals surface area contributed by atoms with E-state index in [4.69, 9.17) is 5.11 Å². The molecule has 0 fully saturated rings. The van der Waals surface area contributed by atoms with Gasteiger partial charge in [-0.05, 0) is 18.9 Å². The monoisotopic (exact) mass is 246 g/mol. The van der Waals surface area contributed by atoms with E-state index in [0.29, 0.717) is 6.42 Å². The lowest BCUT2D eigenvalue weighted by Crippen LogP contribution is -1.84. The van der Waals surface area contributed by atoms with Gasteiger partial charge in [0, 0.05) is 12.5 Å². The molecule has 0 aromatic rings. The van der Waals surface area contributed by atoms with Crippen molar-refractivity contribution in [3.8, 4) is 11.8 Å². The first-order valence-corrected chi connectivity index (χ1v) is 6.47. The maximum absolute atomic E-state index is 10.1. The first kappa shape index (κ1) is 16.2. The Bertz CT molecular complexity index is 351. The summed E-state index contributed by atoms with van der Waals surface area (Å²) in [7, 11) is 0. The van der Waals surface area contributed by atoms with Gasteiger partial charge in [0.1, 0.15) is 0 Å². The van der Waals surface area contributed by atoms with Crippen LogP contribution in [-0.4, -0.2) is 11.1 Å². The smallest absolute Gasteiger partial charge is 0.328 e. The Hall–Kier alpha value is -1.75. The van der Waals surface area contributed by atoms with Gasteiger partial charge < -0.3 is 5.11 Å². The largest absolute Gasteiger partial charge is 0.478 e. The van der Waals surface area contributed by atoms with Crippen LogP contribution >= 0.6 is 0 Å². The van der Waals surface area contributed by atoms with Crippen molar-refractivity contribution in [2.24, 2.45) is 0 Å². The Morgan fingerprint density at radius 3 is 2.72 bits per heavy atom. The summed E-state index contributed by atoms with van der Waals surface area (Å²) >= 11 is 0. The average molecular weight is 246 g/mol. The van der Waals surface area contributed by atoms with Gasteiger partial charge in [0.25, 0.3) is 0 Å². The minimum absolute atomic E-state index is 0.470. The normalized spacial score (nSPS) is 11.2. The highest BCUT2D eigenvalue weighted by molar-refractivity contribution is 5.79. The number of carboxylic acids is 1. The van der Waals surface area contributed by atoms with E-state index in [0.717, 1.165) is 12.5 Å². The molecule has 0 saturated heterocycles. The molecule has 0 bridgehead atoms. The quantitative estimate of drug-likeness (QED) is 0.303. The third-order valence-electron chi connectivity index (χ3n) is 2.23. The van der Waals surface area contributed by atoms with Gasteiger partial charge in [-0.2, -0.15) is 0 Å². The predicted octanol–water partition coefficient (Wildman–Crippen LogP) is 4.10. The molecule has 0 aromatic carbocycles. The Balaban J connectivity index is 3.55. The van der Waals surface area contributed by atoms with Crippen LogP contribution in [-0.2, 0) is 4.79 Å². The van der Waals surface area contributed by atoms with E-state index in [1.807, 2.05) is 12.2 Å². The first-order valence-electron chi connectivity index (χ1n) is 6.47. The number of carboxylic acid groups (broad SMARTS) is 1. The Morgan fingerprint density at radius 2 is 2.00 bits per heavy atom. The molecule has 0 saturated carbocycles. The summed E-state index contributed by atoms with van der Waals surface area (Å²) in [5.74, 6) is 4.75. The van der Waals surface area contributed by atoms with Gasteiger partial charge in [-0.25, -0.2) is 4.79 Å². The van der Waals surface area contributed by atoms with Crippen LogP contribution in [0.5, 0.6) is 0 Å². The zero-order valence-corrected chi connectivity index (χ0v) is 11.1. The van der Waals surface area contributed by atoms with Crippen LogP contribution in [0.2, 0.25) is 0 Å². The van der Waals surface area contributed by atoms with Crippen LogP contribution in [0, 0.1) is 11.8 Å². The molecule has 0 spiro atoms. The lowest BCUT2D eigenvalue weighted by Gasteiger charge is -1.92. The second-order valence-electron chi connectivity index (χ2n) is 3.90. The first-order chi connectivity index (χ1) is 8.77. The molecular formula is C16H22O2. The van der Waals surface area contributed by atoms with E-state index in [9.17, 15) is 4.79 Å². The van der Waals surface area contributed by atoms with Crippen LogP contribution < -0.4 is 0 Å². The highest BCUT2D eigenvalue weighted by Gasteiger charge is 1.83. The fourth-order valence-corrected chi connectivity index (χ4v) is 1.30. The fraction of sp³-hybridized carbons (Fsp3) is 0.438. The van der Waals surface area contributed by atoms with Gasteiger partial charge in [-0.15, -0.1) is 0 Å². The van der Waals surface area contributed by atoms with Crippen LogP contribution in [0.25, 0.3) is 0 Å². The molecule has 98 valence electrons. The van der Waals surface area contributed by atoms with Crippen molar-refractivity contribution >= 4 is 5.97 Å². The van der Waals surface area contributed by atoms with Crippen molar-refractivity contribution in [3.63, 3.8) is 0 Å². The lowest BCUT2D eigenvalue weighted by atomic mass is 10.1. The molecular weight excluding hydrogens is 224 g/mol. The standard InChI is InChI=1S/C16H22O2/c1-2-3-4-5-6-7-8-9-10-11-12-13-14-15-16(17)18/h7-10,14-15H,2-6,13H2,1H3,(H,17,18). The van der Waals surface area contributed by atoms with Crippen molar-refractivity contribution in [2.45, 2.75) is 45.4 Å². The number of hydrogen-bond acceptors (Lipinski definition) is 1. The molecule has 0 heterocycles. The van der Waals surface area contributed by atoms with Gasteiger partial charge in [0.2, 0.25) is 0 Å². The molecule has 2 nitrogen and oxygen atoms in total. The summed E-state index contributed by atoms with van der Waals surface area (Å²) in [5, 5.41) is 8.33. The molecule has 0 aliphatic carbocycles. The van der Waals surface area contributed by atoms with Gasteiger partial charge >= 0.3 is 5.97 Å². The zero-order valence-electron chi connectivity index (χ0n) is 11.1. The number of rotatable bonds is 8. The number of aliphatic carboxylic acids is 1. The summed E-state index contributed by atoms with van der Waals surface area (Å²) in [6.07, 6.45) is 17.2. The van der Waals surface area contributed by atoms with Gasteiger partial charge in [-0.1, -0.05) is 62.3 Å². The number of carbonyl (C=O) groups is 1. The summed E-state index contributed by atoms with van der Waals surface area (Å²) in [4.78, 5) is 10.1. The van der Waals surface area contributed by atoms with E-state index >= 15 is 0 Å². The van der Waals surface area contributed by atoms with E-state index in [2.05, 4.69) is 24.8 Å². The average Bonchev–Trinajstić information content (AvgIpc) is 2.34. The molecule has 18 heavy (non-hydrogen) atoms. The highest BCUT2D eigenvalue weighted by atomic mass is 16.4. The Kier molecular flexibility index (Phi) is 12.0. The zero-order chi connectivity index (χ0) is 13.5.